The Kier molecular flexibility index (Phi) is 5.57. The number of likely N-dealkylation sites (tertiary alicyclic amines) is 1. The smallest absolute Gasteiger partial charge is 0.310 e. The molecule has 0 N–H and O–H groups in total. The Balaban J connectivity index is 2.35. The van der Waals surface area contributed by atoms with Gasteiger partial charge in [-0.05, 0) is 44.5 Å². The Morgan fingerprint density at radius 2 is 2.00 bits per heavy atom. The normalized spacial score (nSPS) is 29.3. The lowest BCUT2D eigenvalue weighted by molar-refractivity contribution is -0.151. The van der Waals surface area contributed by atoms with Crippen LogP contribution < -0.4 is 0 Å². The molecule has 0 saturated carbocycles. The Hall–Kier alpha value is -1.42. The summed E-state index contributed by atoms with van der Waals surface area (Å²) in [5, 5.41) is 0. The number of halogens is 1. The molecule has 3 nitrogen and oxygen atoms in total. The highest BCUT2D eigenvalue weighted by atomic mass is 19.1. The zero-order valence-electron chi connectivity index (χ0n) is 13.9. The number of carbonyl (C=O) groups excluding carboxylic acids is 1. The maximum absolute atomic E-state index is 13.2. The van der Waals surface area contributed by atoms with Crippen LogP contribution in [0.1, 0.15) is 44.6 Å². The molecule has 0 radical (unpaired) electrons. The molecule has 4 atom stereocenters. The summed E-state index contributed by atoms with van der Waals surface area (Å²) in [6, 6.07) is 7.10. The lowest BCUT2D eigenvalue weighted by Crippen LogP contribution is -2.53. The van der Waals surface area contributed by atoms with Crippen molar-refractivity contribution in [1.82, 2.24) is 4.90 Å². The second-order valence-electron chi connectivity index (χ2n) is 6.29. The molecule has 2 rings (SSSR count). The second kappa shape index (κ2) is 7.23. The Labute approximate surface area is 132 Å². The molecule has 1 fully saturated rings. The predicted octanol–water partition coefficient (Wildman–Crippen LogP) is 3.59. The minimum Gasteiger partial charge on any atom is -0.469 e. The van der Waals surface area contributed by atoms with E-state index in [1.807, 2.05) is 0 Å². The van der Waals surface area contributed by atoms with Crippen LogP contribution in [0.5, 0.6) is 0 Å². The van der Waals surface area contributed by atoms with Crippen LogP contribution in [0.2, 0.25) is 0 Å². The van der Waals surface area contributed by atoms with Gasteiger partial charge in [0, 0.05) is 18.0 Å². The average molecular weight is 307 g/mol. The quantitative estimate of drug-likeness (QED) is 0.796. The number of methoxy groups -OCH3 is 1. The van der Waals surface area contributed by atoms with Gasteiger partial charge in [-0.3, -0.25) is 9.69 Å². The molecule has 0 aromatic heterocycles. The molecule has 1 heterocycles. The Morgan fingerprint density at radius 3 is 2.55 bits per heavy atom. The topological polar surface area (TPSA) is 29.5 Å². The molecular weight excluding hydrogens is 281 g/mol. The lowest BCUT2D eigenvalue weighted by Gasteiger charge is -2.46. The standard InChI is InChI=1S/C18H26FNO2/c1-5-6-15-11-16(13-7-9-14(19)10-8-13)17(18(21)22-4)12(2)20(15)3/h7-10,12,15-17H,5-6,11H2,1-4H3. The molecule has 1 aromatic carbocycles. The number of hydrogen-bond donors (Lipinski definition) is 0. The van der Waals surface area contributed by atoms with Crippen LogP contribution in [0.25, 0.3) is 0 Å². The Bertz CT molecular complexity index is 502. The van der Waals surface area contributed by atoms with Crippen molar-refractivity contribution >= 4 is 5.97 Å². The van der Waals surface area contributed by atoms with E-state index >= 15 is 0 Å². The van der Waals surface area contributed by atoms with Crippen LogP contribution in [-0.4, -0.2) is 37.1 Å². The van der Waals surface area contributed by atoms with Gasteiger partial charge in [-0.1, -0.05) is 25.5 Å². The van der Waals surface area contributed by atoms with Gasteiger partial charge in [0.1, 0.15) is 5.82 Å². The van der Waals surface area contributed by atoms with E-state index in [2.05, 4.69) is 25.8 Å². The summed E-state index contributed by atoms with van der Waals surface area (Å²) in [7, 11) is 3.52. The fourth-order valence-corrected chi connectivity index (χ4v) is 3.73. The van der Waals surface area contributed by atoms with Gasteiger partial charge in [0.25, 0.3) is 0 Å². The fraction of sp³-hybridized carbons (Fsp3) is 0.611. The van der Waals surface area contributed by atoms with E-state index < -0.39 is 0 Å². The van der Waals surface area contributed by atoms with Gasteiger partial charge >= 0.3 is 5.97 Å². The fourth-order valence-electron chi connectivity index (χ4n) is 3.73. The van der Waals surface area contributed by atoms with Crippen molar-refractivity contribution in [2.24, 2.45) is 5.92 Å². The molecule has 1 aliphatic rings. The number of nitrogens with zero attached hydrogens (tertiary/aromatic N) is 1. The molecule has 1 saturated heterocycles. The van der Waals surface area contributed by atoms with E-state index in [1.165, 1.54) is 19.2 Å². The Morgan fingerprint density at radius 1 is 1.36 bits per heavy atom. The zero-order valence-corrected chi connectivity index (χ0v) is 13.9. The molecule has 22 heavy (non-hydrogen) atoms. The van der Waals surface area contributed by atoms with Crippen molar-refractivity contribution in [2.45, 2.75) is 51.1 Å². The molecule has 4 unspecified atom stereocenters. The maximum atomic E-state index is 13.2. The summed E-state index contributed by atoms with van der Waals surface area (Å²) in [5.41, 5.74) is 1.03. The van der Waals surface area contributed by atoms with E-state index in [4.69, 9.17) is 4.74 Å². The largest absolute Gasteiger partial charge is 0.469 e. The van der Waals surface area contributed by atoms with Crippen molar-refractivity contribution in [1.29, 1.82) is 0 Å². The molecule has 122 valence electrons. The highest BCUT2D eigenvalue weighted by Crippen LogP contribution is 2.41. The number of hydrogen-bond acceptors (Lipinski definition) is 3. The second-order valence-corrected chi connectivity index (χ2v) is 6.29. The van der Waals surface area contributed by atoms with E-state index in [9.17, 15) is 9.18 Å². The van der Waals surface area contributed by atoms with Crippen molar-refractivity contribution in [2.75, 3.05) is 14.2 Å². The summed E-state index contributed by atoms with van der Waals surface area (Å²) < 4.78 is 18.3. The zero-order chi connectivity index (χ0) is 16.3. The minimum atomic E-state index is -0.246. The number of carbonyl (C=O) groups is 1. The van der Waals surface area contributed by atoms with Gasteiger partial charge in [0.05, 0.1) is 13.0 Å². The van der Waals surface area contributed by atoms with Gasteiger partial charge in [-0.25, -0.2) is 4.39 Å². The molecular formula is C18H26FNO2. The first-order valence-electron chi connectivity index (χ1n) is 8.04. The number of piperidine rings is 1. The van der Waals surface area contributed by atoms with Crippen molar-refractivity contribution < 1.29 is 13.9 Å². The summed E-state index contributed by atoms with van der Waals surface area (Å²) in [6.45, 7) is 4.26. The monoisotopic (exact) mass is 307 g/mol. The van der Waals surface area contributed by atoms with Crippen LogP contribution in [0.4, 0.5) is 4.39 Å². The molecule has 4 heteroatoms. The molecule has 0 amide bonds. The number of rotatable bonds is 4. The third-order valence-electron chi connectivity index (χ3n) is 5.09. The minimum absolute atomic E-state index is 0.0794. The first-order valence-corrected chi connectivity index (χ1v) is 8.04. The molecule has 0 bridgehead atoms. The van der Waals surface area contributed by atoms with Crippen LogP contribution in [0.15, 0.2) is 24.3 Å². The van der Waals surface area contributed by atoms with Crippen molar-refractivity contribution in [3.63, 3.8) is 0 Å². The van der Waals surface area contributed by atoms with E-state index in [1.54, 1.807) is 12.1 Å². The van der Waals surface area contributed by atoms with E-state index in [0.29, 0.717) is 6.04 Å². The summed E-state index contributed by atoms with van der Waals surface area (Å²) in [4.78, 5) is 14.6. The summed E-state index contributed by atoms with van der Waals surface area (Å²) >= 11 is 0. The number of esters is 1. The first kappa shape index (κ1) is 16.9. The van der Waals surface area contributed by atoms with Crippen LogP contribution in [0.3, 0.4) is 0 Å². The molecule has 1 aliphatic heterocycles. The number of ether oxygens (including phenoxy) is 1. The number of benzene rings is 1. The predicted molar refractivity (Wildman–Crippen MR) is 85.2 cm³/mol. The first-order chi connectivity index (χ1) is 10.5. The van der Waals surface area contributed by atoms with Gasteiger partial charge in [0.15, 0.2) is 0 Å². The van der Waals surface area contributed by atoms with Gasteiger partial charge in [-0.15, -0.1) is 0 Å². The van der Waals surface area contributed by atoms with Crippen LogP contribution in [-0.2, 0) is 9.53 Å². The van der Waals surface area contributed by atoms with Crippen molar-refractivity contribution in [3.8, 4) is 0 Å². The van der Waals surface area contributed by atoms with E-state index in [0.717, 1.165) is 24.8 Å². The third-order valence-corrected chi connectivity index (χ3v) is 5.09. The van der Waals surface area contributed by atoms with Crippen molar-refractivity contribution in [3.05, 3.63) is 35.6 Å². The highest BCUT2D eigenvalue weighted by molar-refractivity contribution is 5.74. The molecule has 0 aliphatic carbocycles. The lowest BCUT2D eigenvalue weighted by atomic mass is 9.73. The van der Waals surface area contributed by atoms with Crippen LogP contribution in [0, 0.1) is 11.7 Å². The maximum Gasteiger partial charge on any atom is 0.310 e. The summed E-state index contributed by atoms with van der Waals surface area (Å²) in [5.74, 6) is -0.558. The average Bonchev–Trinajstić information content (AvgIpc) is 2.52. The van der Waals surface area contributed by atoms with Crippen LogP contribution >= 0.6 is 0 Å². The van der Waals surface area contributed by atoms with Gasteiger partial charge in [-0.2, -0.15) is 0 Å². The van der Waals surface area contributed by atoms with E-state index in [-0.39, 0.29) is 29.7 Å². The summed E-state index contributed by atoms with van der Waals surface area (Å²) in [6.07, 6.45) is 3.12. The molecule has 1 aromatic rings. The third kappa shape index (κ3) is 3.32. The highest BCUT2D eigenvalue weighted by Gasteiger charge is 2.43. The molecule has 0 spiro atoms. The van der Waals surface area contributed by atoms with Gasteiger partial charge < -0.3 is 4.74 Å². The van der Waals surface area contributed by atoms with Gasteiger partial charge in [0.2, 0.25) is 0 Å². The SMILES string of the molecule is CCCC1CC(c2ccc(F)cc2)C(C(=O)OC)C(C)N1C.